The van der Waals surface area contributed by atoms with Crippen LogP contribution in [0.4, 0.5) is 5.82 Å². The summed E-state index contributed by atoms with van der Waals surface area (Å²) in [5, 5.41) is 3.95. The molecule has 0 aliphatic carbocycles. The second-order valence-electron chi connectivity index (χ2n) is 2.31. The molecule has 0 aromatic carbocycles. The van der Waals surface area contributed by atoms with E-state index < -0.39 is 0 Å². The third-order valence-electron chi connectivity index (χ3n) is 1.46. The van der Waals surface area contributed by atoms with Gasteiger partial charge in [0, 0.05) is 0 Å². The molecule has 0 bridgehead atoms. The van der Waals surface area contributed by atoms with Gasteiger partial charge in [0.05, 0.1) is 0 Å². The monoisotopic (exact) mass is 218 g/mol. The number of halogens is 2. The average Bonchev–Trinajstić information content (AvgIpc) is 2.62. The van der Waals surface area contributed by atoms with Crippen molar-refractivity contribution < 1.29 is 8.94 Å². The van der Waals surface area contributed by atoms with E-state index in [1.165, 1.54) is 0 Å². The van der Waals surface area contributed by atoms with Gasteiger partial charge in [0.25, 0.3) is 0 Å². The van der Waals surface area contributed by atoms with Crippen LogP contribution in [0.5, 0.6) is 0 Å². The fraction of sp³-hybridized carbons (Fsp3) is 0. The first-order valence-corrected chi connectivity index (χ1v) is 4.10. The summed E-state index contributed by atoms with van der Waals surface area (Å²) in [6.07, 6.45) is 0. The number of nitrogens with two attached hydrogens (primary N) is 1. The predicted molar refractivity (Wildman–Crippen MR) is 48.6 cm³/mol. The van der Waals surface area contributed by atoms with Gasteiger partial charge in [0.15, 0.2) is 16.8 Å². The zero-order valence-electron chi connectivity index (χ0n) is 6.25. The molecule has 0 unspecified atom stereocenters. The lowest BCUT2D eigenvalue weighted by Crippen LogP contribution is -1.82. The van der Waals surface area contributed by atoms with Crippen molar-refractivity contribution >= 4 is 29.0 Å². The van der Waals surface area contributed by atoms with E-state index in [4.69, 9.17) is 37.9 Å². The molecule has 2 heterocycles. The van der Waals surface area contributed by atoms with Crippen molar-refractivity contribution in [1.82, 2.24) is 5.16 Å². The molecule has 0 spiro atoms. The number of nitrogens with zero attached hydrogens (tertiary/aromatic N) is 1. The Bertz CT molecular complexity index is 435. The first kappa shape index (κ1) is 8.47. The van der Waals surface area contributed by atoms with Gasteiger partial charge in [-0.05, 0) is 23.7 Å². The molecule has 2 N–H and O–H groups in total. The Hall–Kier alpha value is -1.13. The highest BCUT2D eigenvalue weighted by molar-refractivity contribution is 6.35. The number of anilines is 1. The van der Waals surface area contributed by atoms with Crippen molar-refractivity contribution in [3.8, 4) is 11.5 Å². The van der Waals surface area contributed by atoms with Crippen molar-refractivity contribution in [3.63, 3.8) is 0 Å². The molecule has 4 nitrogen and oxygen atoms in total. The zero-order valence-corrected chi connectivity index (χ0v) is 7.76. The third kappa shape index (κ3) is 1.38. The van der Waals surface area contributed by atoms with Gasteiger partial charge in [0.2, 0.25) is 5.76 Å². The topological polar surface area (TPSA) is 65.2 Å². The van der Waals surface area contributed by atoms with Crippen LogP contribution in [0.2, 0.25) is 10.2 Å². The largest absolute Gasteiger partial charge is 0.441 e. The van der Waals surface area contributed by atoms with Gasteiger partial charge in [-0.1, -0.05) is 16.8 Å². The number of nitrogen functional groups attached to an aromatic ring is 1. The van der Waals surface area contributed by atoms with Crippen molar-refractivity contribution in [2.45, 2.75) is 0 Å². The number of furan rings is 1. The summed E-state index contributed by atoms with van der Waals surface area (Å²) in [6, 6.07) is 3.19. The summed E-state index contributed by atoms with van der Waals surface area (Å²) >= 11 is 11.3. The van der Waals surface area contributed by atoms with Crippen LogP contribution in [-0.4, -0.2) is 5.16 Å². The standard InChI is InChI=1S/C7H4Cl2N2O2/c8-4-2-1-3(12-4)6-5(9)7(10)11-13-6/h1-2H,(H2,10,11). The Morgan fingerprint density at radius 3 is 2.54 bits per heavy atom. The molecule has 2 aromatic heterocycles. The molecule has 2 aromatic rings. The molecule has 0 saturated carbocycles. The van der Waals surface area contributed by atoms with Crippen molar-refractivity contribution in [1.29, 1.82) is 0 Å². The Kier molecular flexibility index (Phi) is 1.94. The van der Waals surface area contributed by atoms with Crippen molar-refractivity contribution in [3.05, 3.63) is 22.4 Å². The summed E-state index contributed by atoms with van der Waals surface area (Å²) in [5.41, 5.74) is 5.37. The van der Waals surface area contributed by atoms with Gasteiger partial charge in [-0.3, -0.25) is 0 Å². The lowest BCUT2D eigenvalue weighted by molar-refractivity contribution is 0.421. The van der Waals surface area contributed by atoms with Gasteiger partial charge in [0.1, 0.15) is 5.02 Å². The zero-order chi connectivity index (χ0) is 9.42. The lowest BCUT2D eigenvalue weighted by Gasteiger charge is -1.87. The molecule has 0 atom stereocenters. The van der Waals surface area contributed by atoms with Crippen LogP contribution in [0.15, 0.2) is 21.1 Å². The molecule has 6 heteroatoms. The van der Waals surface area contributed by atoms with Crippen LogP contribution in [-0.2, 0) is 0 Å². The highest BCUT2D eigenvalue weighted by atomic mass is 35.5. The van der Waals surface area contributed by atoms with Crippen LogP contribution in [0.25, 0.3) is 11.5 Å². The smallest absolute Gasteiger partial charge is 0.222 e. The Labute approximate surface area is 83.2 Å². The van der Waals surface area contributed by atoms with E-state index in [0.29, 0.717) is 5.76 Å². The summed E-state index contributed by atoms with van der Waals surface area (Å²) in [6.45, 7) is 0. The molecule has 13 heavy (non-hydrogen) atoms. The molecule has 0 saturated heterocycles. The van der Waals surface area contributed by atoms with Gasteiger partial charge in [-0.15, -0.1) is 0 Å². The van der Waals surface area contributed by atoms with E-state index in [2.05, 4.69) is 5.16 Å². The number of aromatic nitrogens is 1. The summed E-state index contributed by atoms with van der Waals surface area (Å²) in [4.78, 5) is 0. The van der Waals surface area contributed by atoms with E-state index in [1.807, 2.05) is 0 Å². The van der Waals surface area contributed by atoms with Gasteiger partial charge in [-0.25, -0.2) is 0 Å². The fourth-order valence-corrected chi connectivity index (χ4v) is 1.19. The Morgan fingerprint density at radius 2 is 2.08 bits per heavy atom. The van der Waals surface area contributed by atoms with Crippen LogP contribution in [0.1, 0.15) is 0 Å². The second kappa shape index (κ2) is 2.97. The van der Waals surface area contributed by atoms with E-state index in [9.17, 15) is 0 Å². The molecule has 68 valence electrons. The summed E-state index contributed by atoms with van der Waals surface area (Å²) in [7, 11) is 0. The minimum atomic E-state index is 0.129. The summed E-state index contributed by atoms with van der Waals surface area (Å²) < 4.78 is 9.89. The third-order valence-corrected chi connectivity index (χ3v) is 2.02. The minimum Gasteiger partial charge on any atom is -0.441 e. The van der Waals surface area contributed by atoms with E-state index >= 15 is 0 Å². The number of hydrogen-bond acceptors (Lipinski definition) is 4. The van der Waals surface area contributed by atoms with Gasteiger partial charge >= 0.3 is 0 Å². The quantitative estimate of drug-likeness (QED) is 0.800. The molecular weight excluding hydrogens is 215 g/mol. The molecule has 0 aliphatic rings. The minimum absolute atomic E-state index is 0.129. The van der Waals surface area contributed by atoms with Crippen molar-refractivity contribution in [2.75, 3.05) is 5.73 Å². The van der Waals surface area contributed by atoms with Crippen LogP contribution in [0.3, 0.4) is 0 Å². The first-order chi connectivity index (χ1) is 6.18. The second-order valence-corrected chi connectivity index (χ2v) is 3.07. The maximum Gasteiger partial charge on any atom is 0.222 e. The first-order valence-electron chi connectivity index (χ1n) is 3.35. The summed E-state index contributed by atoms with van der Waals surface area (Å²) in [5.74, 6) is 0.814. The molecule has 0 aliphatic heterocycles. The molecule has 2 rings (SSSR count). The van der Waals surface area contributed by atoms with Crippen LogP contribution >= 0.6 is 23.2 Å². The van der Waals surface area contributed by atoms with Gasteiger partial charge in [-0.2, -0.15) is 0 Å². The molecule has 0 amide bonds. The maximum atomic E-state index is 5.77. The highest BCUT2D eigenvalue weighted by Crippen LogP contribution is 2.33. The number of rotatable bonds is 1. The number of hydrogen-bond donors (Lipinski definition) is 1. The van der Waals surface area contributed by atoms with E-state index in [-0.39, 0.29) is 21.8 Å². The van der Waals surface area contributed by atoms with Gasteiger partial charge < -0.3 is 14.7 Å². The maximum absolute atomic E-state index is 5.77. The normalized spacial score (nSPS) is 10.6. The molecule has 0 fully saturated rings. The van der Waals surface area contributed by atoms with E-state index in [1.54, 1.807) is 12.1 Å². The fourth-order valence-electron chi connectivity index (χ4n) is 0.881. The van der Waals surface area contributed by atoms with Crippen LogP contribution in [0, 0.1) is 0 Å². The van der Waals surface area contributed by atoms with E-state index in [0.717, 1.165) is 0 Å². The van der Waals surface area contributed by atoms with Crippen molar-refractivity contribution in [2.24, 2.45) is 0 Å². The van der Waals surface area contributed by atoms with Crippen LogP contribution < -0.4 is 5.73 Å². The molecule has 0 radical (unpaired) electrons. The Balaban J connectivity index is 2.52. The SMILES string of the molecule is Nc1noc(-c2ccc(Cl)o2)c1Cl. The average molecular weight is 219 g/mol. The Morgan fingerprint density at radius 1 is 1.31 bits per heavy atom. The lowest BCUT2D eigenvalue weighted by atomic mass is 10.3. The highest BCUT2D eigenvalue weighted by Gasteiger charge is 2.16. The predicted octanol–water partition coefficient (Wildman–Crippen LogP) is 2.82. The molecular formula is C7H4Cl2N2O2.